The summed E-state index contributed by atoms with van der Waals surface area (Å²) < 4.78 is 5.67. The van der Waals surface area contributed by atoms with Crippen LogP contribution in [-0.4, -0.2) is 19.1 Å². The predicted molar refractivity (Wildman–Crippen MR) is 87.1 cm³/mol. The monoisotopic (exact) mass is 303 g/mol. The minimum Gasteiger partial charge on any atom is -0.492 e. The van der Waals surface area contributed by atoms with Gasteiger partial charge in [0.15, 0.2) is 0 Å². The summed E-state index contributed by atoms with van der Waals surface area (Å²) >= 11 is 1.60. The van der Waals surface area contributed by atoms with E-state index in [1.165, 1.54) is 5.56 Å². The zero-order valence-corrected chi connectivity index (χ0v) is 13.3. The van der Waals surface area contributed by atoms with Crippen LogP contribution in [0.4, 0.5) is 0 Å². The highest BCUT2D eigenvalue weighted by atomic mass is 32.1. The number of carbonyl (C=O) groups excluding carboxylic acids is 1. The molecule has 3 nitrogen and oxygen atoms in total. The Morgan fingerprint density at radius 2 is 2.14 bits per heavy atom. The summed E-state index contributed by atoms with van der Waals surface area (Å²) in [4.78, 5) is 12.8. The smallest absolute Gasteiger partial charge is 0.225 e. The maximum Gasteiger partial charge on any atom is 0.225 e. The third kappa shape index (κ3) is 5.23. The average molecular weight is 303 g/mol. The second-order valence-electron chi connectivity index (χ2n) is 5.18. The molecule has 21 heavy (non-hydrogen) atoms. The van der Waals surface area contributed by atoms with Gasteiger partial charge in [-0.05, 0) is 35.1 Å². The molecular weight excluding hydrogens is 282 g/mol. The quantitative estimate of drug-likeness (QED) is 0.794. The van der Waals surface area contributed by atoms with E-state index < -0.39 is 0 Å². The number of ether oxygens (including phenoxy) is 1. The van der Waals surface area contributed by atoms with E-state index in [1.807, 2.05) is 29.6 Å². The first-order chi connectivity index (χ1) is 10.1. The number of amides is 1. The van der Waals surface area contributed by atoms with Gasteiger partial charge >= 0.3 is 0 Å². The highest BCUT2D eigenvalue weighted by Gasteiger charge is 2.04. The first kappa shape index (κ1) is 15.6. The Balaban J connectivity index is 1.69. The van der Waals surface area contributed by atoms with Crippen LogP contribution in [0, 0.1) is 0 Å². The fourth-order valence-corrected chi connectivity index (χ4v) is 2.66. The van der Waals surface area contributed by atoms with Gasteiger partial charge in [0.05, 0.1) is 13.0 Å². The van der Waals surface area contributed by atoms with Crippen molar-refractivity contribution in [3.05, 3.63) is 52.2 Å². The first-order valence-corrected chi connectivity index (χ1v) is 8.05. The molecule has 0 aliphatic carbocycles. The molecular formula is C17H21NO2S. The number of carbonyl (C=O) groups is 1. The molecule has 1 aromatic heterocycles. The van der Waals surface area contributed by atoms with Crippen LogP contribution in [0.1, 0.15) is 30.2 Å². The minimum atomic E-state index is 0.0389. The molecule has 1 heterocycles. The van der Waals surface area contributed by atoms with E-state index in [9.17, 15) is 4.79 Å². The van der Waals surface area contributed by atoms with E-state index in [2.05, 4.69) is 31.3 Å². The van der Waals surface area contributed by atoms with Crippen molar-refractivity contribution >= 4 is 17.2 Å². The molecule has 0 saturated heterocycles. The Morgan fingerprint density at radius 3 is 2.86 bits per heavy atom. The molecule has 2 rings (SSSR count). The van der Waals surface area contributed by atoms with Gasteiger partial charge in [-0.15, -0.1) is 11.3 Å². The van der Waals surface area contributed by atoms with Crippen LogP contribution in [0.15, 0.2) is 41.8 Å². The summed E-state index contributed by atoms with van der Waals surface area (Å²) in [7, 11) is 0. The Hall–Kier alpha value is -1.81. The van der Waals surface area contributed by atoms with Gasteiger partial charge in [0, 0.05) is 4.88 Å². The van der Waals surface area contributed by atoms with E-state index in [0.717, 1.165) is 10.6 Å². The van der Waals surface area contributed by atoms with E-state index in [4.69, 9.17) is 4.74 Å². The first-order valence-electron chi connectivity index (χ1n) is 7.17. The Morgan fingerprint density at radius 1 is 1.29 bits per heavy atom. The summed E-state index contributed by atoms with van der Waals surface area (Å²) in [6.07, 6.45) is 0.445. The van der Waals surface area contributed by atoms with Crippen LogP contribution >= 0.6 is 11.3 Å². The average Bonchev–Trinajstić information content (AvgIpc) is 2.97. The zero-order valence-electron chi connectivity index (χ0n) is 12.5. The molecule has 0 aliphatic rings. The van der Waals surface area contributed by atoms with Gasteiger partial charge in [-0.2, -0.15) is 0 Å². The molecule has 1 N–H and O–H groups in total. The number of nitrogens with one attached hydrogen (secondary N) is 1. The SMILES string of the molecule is CC(C)c1cccc(OCCNC(=O)Cc2cccs2)c1. The number of hydrogen-bond donors (Lipinski definition) is 1. The van der Waals surface area contributed by atoms with Crippen molar-refractivity contribution in [2.45, 2.75) is 26.2 Å². The lowest BCUT2D eigenvalue weighted by molar-refractivity contribution is -0.120. The molecule has 0 aliphatic heterocycles. The normalized spacial score (nSPS) is 10.6. The van der Waals surface area contributed by atoms with Crippen LogP contribution in [-0.2, 0) is 11.2 Å². The van der Waals surface area contributed by atoms with Gasteiger partial charge in [0.25, 0.3) is 0 Å². The van der Waals surface area contributed by atoms with Crippen molar-refractivity contribution in [2.75, 3.05) is 13.2 Å². The standard InChI is InChI=1S/C17H21NO2S/c1-13(2)14-5-3-6-15(11-14)20-9-8-18-17(19)12-16-7-4-10-21-16/h3-7,10-11,13H,8-9,12H2,1-2H3,(H,18,19). The maximum absolute atomic E-state index is 11.7. The molecule has 0 unspecified atom stereocenters. The molecule has 0 atom stereocenters. The number of thiophene rings is 1. The summed E-state index contributed by atoms with van der Waals surface area (Å²) in [5.74, 6) is 1.38. The molecule has 0 saturated carbocycles. The van der Waals surface area contributed by atoms with Crippen molar-refractivity contribution in [3.8, 4) is 5.75 Å². The lowest BCUT2D eigenvalue weighted by Gasteiger charge is -2.10. The topological polar surface area (TPSA) is 38.3 Å². The summed E-state index contributed by atoms with van der Waals surface area (Å²) in [6.45, 7) is 5.32. The van der Waals surface area contributed by atoms with Crippen molar-refractivity contribution in [1.82, 2.24) is 5.32 Å². The Bertz CT molecular complexity index is 564. The molecule has 0 bridgehead atoms. The fraction of sp³-hybridized carbons (Fsp3) is 0.353. The number of rotatable bonds is 7. The summed E-state index contributed by atoms with van der Waals surface area (Å²) in [6, 6.07) is 12.0. The molecule has 4 heteroatoms. The molecule has 2 aromatic rings. The maximum atomic E-state index is 11.7. The fourth-order valence-electron chi connectivity index (χ4n) is 1.96. The summed E-state index contributed by atoms with van der Waals surface area (Å²) in [5, 5.41) is 4.85. The van der Waals surface area contributed by atoms with Gasteiger partial charge in [0.1, 0.15) is 12.4 Å². The lowest BCUT2D eigenvalue weighted by atomic mass is 10.0. The molecule has 112 valence electrons. The van der Waals surface area contributed by atoms with Gasteiger partial charge in [0.2, 0.25) is 5.91 Å². The van der Waals surface area contributed by atoms with Crippen LogP contribution in [0.3, 0.4) is 0 Å². The predicted octanol–water partition coefficient (Wildman–Crippen LogP) is 3.61. The van der Waals surface area contributed by atoms with Crippen LogP contribution < -0.4 is 10.1 Å². The third-order valence-corrected chi connectivity index (χ3v) is 4.01. The lowest BCUT2D eigenvalue weighted by Crippen LogP contribution is -2.29. The van der Waals surface area contributed by atoms with Gasteiger partial charge < -0.3 is 10.1 Å². The largest absolute Gasteiger partial charge is 0.492 e. The van der Waals surface area contributed by atoms with Gasteiger partial charge in [-0.25, -0.2) is 0 Å². The van der Waals surface area contributed by atoms with Crippen molar-refractivity contribution in [1.29, 1.82) is 0 Å². The van der Waals surface area contributed by atoms with E-state index in [0.29, 0.717) is 25.5 Å². The van der Waals surface area contributed by atoms with Crippen LogP contribution in [0.2, 0.25) is 0 Å². The van der Waals surface area contributed by atoms with Gasteiger partial charge in [-0.1, -0.05) is 32.0 Å². The highest BCUT2D eigenvalue weighted by Crippen LogP contribution is 2.19. The summed E-state index contributed by atoms with van der Waals surface area (Å²) in [5.41, 5.74) is 1.26. The number of benzene rings is 1. The second-order valence-corrected chi connectivity index (χ2v) is 6.21. The van der Waals surface area contributed by atoms with E-state index in [-0.39, 0.29) is 5.91 Å². The molecule has 1 amide bonds. The Labute approximate surface area is 130 Å². The van der Waals surface area contributed by atoms with Gasteiger partial charge in [-0.3, -0.25) is 4.79 Å². The Kier molecular flexibility index (Phi) is 5.81. The molecule has 0 spiro atoms. The second kappa shape index (κ2) is 7.84. The highest BCUT2D eigenvalue weighted by molar-refractivity contribution is 7.10. The van der Waals surface area contributed by atoms with E-state index >= 15 is 0 Å². The molecule has 0 fully saturated rings. The van der Waals surface area contributed by atoms with E-state index in [1.54, 1.807) is 11.3 Å². The molecule has 1 aromatic carbocycles. The number of hydrogen-bond acceptors (Lipinski definition) is 3. The third-order valence-electron chi connectivity index (χ3n) is 3.13. The van der Waals surface area contributed by atoms with Crippen molar-refractivity contribution in [3.63, 3.8) is 0 Å². The van der Waals surface area contributed by atoms with Crippen LogP contribution in [0.25, 0.3) is 0 Å². The minimum absolute atomic E-state index is 0.0389. The molecule has 0 radical (unpaired) electrons. The zero-order chi connectivity index (χ0) is 15.1. The van der Waals surface area contributed by atoms with Crippen LogP contribution in [0.5, 0.6) is 5.75 Å². The van der Waals surface area contributed by atoms with Crippen molar-refractivity contribution < 1.29 is 9.53 Å². The van der Waals surface area contributed by atoms with Crippen molar-refractivity contribution in [2.24, 2.45) is 0 Å².